The molecule has 1 fully saturated rings. The van der Waals surface area contributed by atoms with Crippen LogP contribution in [0, 0.1) is 5.92 Å². The summed E-state index contributed by atoms with van der Waals surface area (Å²) in [5.74, 6) is -0.919. The van der Waals surface area contributed by atoms with Crippen molar-refractivity contribution in [2.45, 2.75) is 25.2 Å². The third-order valence-electron chi connectivity index (χ3n) is 5.04. The molecule has 1 aromatic heterocycles. The highest BCUT2D eigenvalue weighted by atomic mass is 35.5. The van der Waals surface area contributed by atoms with E-state index in [1.807, 2.05) is 18.2 Å². The van der Waals surface area contributed by atoms with E-state index in [1.54, 1.807) is 35.6 Å². The van der Waals surface area contributed by atoms with Crippen LogP contribution in [0.1, 0.15) is 29.2 Å². The molecule has 2 aromatic carbocycles. The number of anilines is 1. The number of phenolic OH excluding ortho intramolecular Hbond substituents is 1. The largest absolute Gasteiger partial charge is 0.508 e. The third-order valence-corrected chi connectivity index (χ3v) is 6.95. The van der Waals surface area contributed by atoms with Crippen LogP contribution in [0.25, 0.3) is 11.3 Å². The number of aliphatic carboxylic acids is 1. The Balaban J connectivity index is 1.52. The molecular weight excluding hydrogens is 443 g/mol. The summed E-state index contributed by atoms with van der Waals surface area (Å²) in [5, 5.41) is 24.1. The van der Waals surface area contributed by atoms with Crippen molar-refractivity contribution in [2.75, 3.05) is 11.9 Å². The molecule has 0 radical (unpaired) electrons. The summed E-state index contributed by atoms with van der Waals surface area (Å²) in [7, 11) is 0. The van der Waals surface area contributed by atoms with E-state index in [-0.39, 0.29) is 12.3 Å². The van der Waals surface area contributed by atoms with E-state index in [0.29, 0.717) is 27.5 Å². The molecule has 1 heterocycles. The van der Waals surface area contributed by atoms with E-state index in [0.717, 1.165) is 29.7 Å². The summed E-state index contributed by atoms with van der Waals surface area (Å²) >= 11 is 13.8. The lowest BCUT2D eigenvalue weighted by Crippen LogP contribution is -2.25. The molecule has 1 saturated carbocycles. The van der Waals surface area contributed by atoms with Crippen LogP contribution in [-0.2, 0) is 11.2 Å². The van der Waals surface area contributed by atoms with E-state index in [2.05, 4.69) is 5.32 Å². The Kier molecular flexibility index (Phi) is 6.18. The first-order chi connectivity index (χ1) is 14.4. The third kappa shape index (κ3) is 4.89. The molecule has 0 amide bonds. The smallest absolute Gasteiger partial charge is 0.308 e. The average molecular weight is 463 g/mol. The van der Waals surface area contributed by atoms with Gasteiger partial charge in [-0.15, -0.1) is 11.3 Å². The van der Waals surface area contributed by atoms with Gasteiger partial charge in [-0.2, -0.15) is 0 Å². The fraction of sp³-hybridized carbons (Fsp3) is 0.273. The number of carboxylic acid groups (broad SMARTS) is 1. The summed E-state index contributed by atoms with van der Waals surface area (Å²) < 4.78 is 0. The van der Waals surface area contributed by atoms with Crippen molar-refractivity contribution in [3.8, 4) is 17.0 Å². The predicted octanol–water partition coefficient (Wildman–Crippen LogP) is 6.06. The second-order valence-electron chi connectivity index (χ2n) is 7.43. The Morgan fingerprint density at radius 2 is 2.00 bits per heavy atom. The molecular formula is C22H20Cl2N2O3S. The van der Waals surface area contributed by atoms with E-state index in [1.165, 1.54) is 4.88 Å². The maximum Gasteiger partial charge on any atom is 0.308 e. The van der Waals surface area contributed by atoms with Gasteiger partial charge in [0.1, 0.15) is 5.75 Å². The van der Waals surface area contributed by atoms with Crippen LogP contribution in [0.4, 0.5) is 5.13 Å². The minimum atomic E-state index is -0.894. The number of halogens is 2. The van der Waals surface area contributed by atoms with Crippen molar-refractivity contribution in [1.29, 1.82) is 0 Å². The number of nitrogens with one attached hydrogen (secondary N) is 1. The standard InChI is InChI=1S/C22H20Cl2N2O3S/c23-17-7-6-14(10-18(17)24)19-20(13-4-5-13)30-22(26-19)25-11-15(21(28)29)8-12-2-1-3-16(27)9-12/h1-3,6-7,9-10,13,15,27H,4-5,8,11H2,(H,25,26)(H,28,29). The number of phenols is 1. The number of aromatic hydroxyl groups is 1. The van der Waals surface area contributed by atoms with Gasteiger partial charge < -0.3 is 15.5 Å². The molecule has 1 unspecified atom stereocenters. The fourth-order valence-electron chi connectivity index (χ4n) is 3.31. The molecule has 3 aromatic rings. The molecule has 0 spiro atoms. The highest BCUT2D eigenvalue weighted by Crippen LogP contribution is 2.48. The molecule has 0 bridgehead atoms. The van der Waals surface area contributed by atoms with Crippen LogP contribution in [0.5, 0.6) is 5.75 Å². The lowest BCUT2D eigenvalue weighted by atomic mass is 9.99. The molecule has 1 aliphatic rings. The maximum absolute atomic E-state index is 11.7. The van der Waals surface area contributed by atoms with Gasteiger partial charge in [-0.3, -0.25) is 4.79 Å². The molecule has 0 aliphatic heterocycles. The molecule has 30 heavy (non-hydrogen) atoms. The lowest BCUT2D eigenvalue weighted by Gasteiger charge is -2.13. The van der Waals surface area contributed by atoms with Gasteiger partial charge in [0.2, 0.25) is 0 Å². The van der Waals surface area contributed by atoms with Crippen molar-refractivity contribution in [1.82, 2.24) is 4.98 Å². The van der Waals surface area contributed by atoms with Crippen LogP contribution in [0.15, 0.2) is 42.5 Å². The number of rotatable bonds is 8. The van der Waals surface area contributed by atoms with Gasteiger partial charge in [0.25, 0.3) is 0 Å². The zero-order valence-corrected chi connectivity index (χ0v) is 18.3. The van der Waals surface area contributed by atoms with Gasteiger partial charge in [-0.25, -0.2) is 4.98 Å². The number of benzene rings is 2. The number of carbonyl (C=O) groups is 1. The summed E-state index contributed by atoms with van der Waals surface area (Å²) in [4.78, 5) is 17.7. The summed E-state index contributed by atoms with van der Waals surface area (Å²) in [6.07, 6.45) is 2.58. The van der Waals surface area contributed by atoms with E-state index >= 15 is 0 Å². The van der Waals surface area contributed by atoms with Crippen molar-refractivity contribution >= 4 is 45.6 Å². The average Bonchev–Trinajstić information content (AvgIpc) is 3.47. The topological polar surface area (TPSA) is 82.5 Å². The van der Waals surface area contributed by atoms with Crippen molar-refractivity contribution < 1.29 is 15.0 Å². The normalized spacial score (nSPS) is 14.5. The van der Waals surface area contributed by atoms with Crippen LogP contribution >= 0.6 is 34.5 Å². The zero-order chi connectivity index (χ0) is 21.3. The van der Waals surface area contributed by atoms with Crippen LogP contribution in [-0.4, -0.2) is 27.7 Å². The fourth-order valence-corrected chi connectivity index (χ4v) is 4.77. The Bertz CT molecular complexity index is 1080. The van der Waals surface area contributed by atoms with Gasteiger partial charge in [0, 0.05) is 17.0 Å². The molecule has 4 rings (SSSR count). The number of thiazole rings is 1. The number of hydrogen-bond donors (Lipinski definition) is 3. The van der Waals surface area contributed by atoms with Crippen LogP contribution < -0.4 is 5.32 Å². The molecule has 8 heteroatoms. The van der Waals surface area contributed by atoms with Crippen LogP contribution in [0.2, 0.25) is 10.0 Å². The van der Waals surface area contributed by atoms with Gasteiger partial charge in [-0.1, -0.05) is 41.4 Å². The van der Waals surface area contributed by atoms with Crippen molar-refractivity contribution in [3.63, 3.8) is 0 Å². The lowest BCUT2D eigenvalue weighted by molar-refractivity contribution is -0.141. The number of carboxylic acids is 1. The summed E-state index contributed by atoms with van der Waals surface area (Å²) in [6.45, 7) is 0.240. The minimum absolute atomic E-state index is 0.130. The second-order valence-corrected chi connectivity index (χ2v) is 9.27. The maximum atomic E-state index is 11.7. The summed E-state index contributed by atoms with van der Waals surface area (Å²) in [6, 6.07) is 12.2. The number of hydrogen-bond acceptors (Lipinski definition) is 5. The zero-order valence-electron chi connectivity index (χ0n) is 15.9. The Morgan fingerprint density at radius 3 is 2.67 bits per heavy atom. The molecule has 1 aliphatic carbocycles. The molecule has 1 atom stereocenters. The summed E-state index contributed by atoms with van der Waals surface area (Å²) in [5.41, 5.74) is 2.56. The number of aromatic nitrogens is 1. The van der Waals surface area contributed by atoms with Gasteiger partial charge in [0.15, 0.2) is 5.13 Å². The first-order valence-electron chi connectivity index (χ1n) is 9.61. The van der Waals surface area contributed by atoms with E-state index < -0.39 is 11.9 Å². The minimum Gasteiger partial charge on any atom is -0.508 e. The molecule has 3 N–H and O–H groups in total. The number of nitrogens with zero attached hydrogens (tertiary/aromatic N) is 1. The Labute approximate surface area is 188 Å². The van der Waals surface area contributed by atoms with Gasteiger partial charge >= 0.3 is 5.97 Å². The van der Waals surface area contributed by atoms with Crippen molar-refractivity contribution in [2.24, 2.45) is 5.92 Å². The Morgan fingerprint density at radius 1 is 1.20 bits per heavy atom. The van der Waals surface area contributed by atoms with E-state index in [4.69, 9.17) is 28.2 Å². The molecule has 5 nitrogen and oxygen atoms in total. The first-order valence-corrected chi connectivity index (χ1v) is 11.2. The van der Waals surface area contributed by atoms with E-state index in [9.17, 15) is 15.0 Å². The highest BCUT2D eigenvalue weighted by molar-refractivity contribution is 7.16. The molecule has 0 saturated heterocycles. The van der Waals surface area contributed by atoms with Crippen LogP contribution in [0.3, 0.4) is 0 Å². The van der Waals surface area contributed by atoms with Gasteiger partial charge in [-0.05, 0) is 55.0 Å². The highest BCUT2D eigenvalue weighted by Gasteiger charge is 2.30. The second kappa shape index (κ2) is 8.84. The monoisotopic (exact) mass is 462 g/mol. The first kappa shape index (κ1) is 21.0. The van der Waals surface area contributed by atoms with Crippen molar-refractivity contribution in [3.05, 3.63) is 63.0 Å². The molecule has 156 valence electrons. The SMILES string of the molecule is O=C(O)C(CNc1nc(-c2ccc(Cl)c(Cl)c2)c(C2CC2)s1)Cc1cccc(O)c1. The van der Waals surface area contributed by atoms with Gasteiger partial charge in [0.05, 0.1) is 21.7 Å². The quantitative estimate of drug-likeness (QED) is 0.379. The Hall–Kier alpha value is -2.28. The predicted molar refractivity (Wildman–Crippen MR) is 121 cm³/mol.